The fourth-order valence-electron chi connectivity index (χ4n) is 0.899. The van der Waals surface area contributed by atoms with Crippen LogP contribution in [0.15, 0.2) is 12.3 Å². The summed E-state index contributed by atoms with van der Waals surface area (Å²) in [5.41, 5.74) is 1.56. The summed E-state index contributed by atoms with van der Waals surface area (Å²) in [4.78, 5) is 14.2. The van der Waals surface area contributed by atoms with E-state index in [1.807, 2.05) is 0 Å². The van der Waals surface area contributed by atoms with Crippen molar-refractivity contribution in [3.8, 4) is 0 Å². The molecule has 70 valence electrons. The zero-order chi connectivity index (χ0) is 9.84. The van der Waals surface area contributed by atoms with E-state index in [2.05, 4.69) is 10.3 Å². The quantitative estimate of drug-likeness (QED) is 0.766. The van der Waals surface area contributed by atoms with Gasteiger partial charge in [-0.2, -0.15) is 0 Å². The highest BCUT2D eigenvalue weighted by atomic mass is 35.5. The maximum absolute atomic E-state index is 10.2. The number of nitrogens with one attached hydrogen (secondary N) is 1. The van der Waals surface area contributed by atoms with Gasteiger partial charge in [-0.25, -0.2) is 4.79 Å². The van der Waals surface area contributed by atoms with E-state index in [0.29, 0.717) is 5.02 Å². The molecule has 0 saturated heterocycles. The molecule has 2 N–H and O–H groups in total. The lowest BCUT2D eigenvalue weighted by atomic mass is 10.2. The zero-order valence-electron chi connectivity index (χ0n) is 7.04. The van der Waals surface area contributed by atoms with Crippen LogP contribution in [0.5, 0.6) is 0 Å². The fourth-order valence-corrected chi connectivity index (χ4v) is 1.08. The molecule has 0 aromatic carbocycles. The van der Waals surface area contributed by atoms with Crippen LogP contribution in [0.25, 0.3) is 0 Å². The molecule has 5 heteroatoms. The first-order chi connectivity index (χ1) is 6.09. The number of halogens is 1. The van der Waals surface area contributed by atoms with Gasteiger partial charge < -0.3 is 10.4 Å². The van der Waals surface area contributed by atoms with Gasteiger partial charge in [-0.1, -0.05) is 11.6 Å². The van der Waals surface area contributed by atoms with Crippen molar-refractivity contribution in [2.75, 3.05) is 0 Å². The predicted octanol–water partition coefficient (Wildman–Crippen LogP) is 1.81. The Morgan fingerprint density at radius 2 is 2.46 bits per heavy atom. The summed E-state index contributed by atoms with van der Waals surface area (Å²) < 4.78 is 0. The molecule has 1 rings (SSSR count). The Labute approximate surface area is 80.6 Å². The molecule has 0 bridgehead atoms. The van der Waals surface area contributed by atoms with Gasteiger partial charge in [-0.15, -0.1) is 0 Å². The van der Waals surface area contributed by atoms with Crippen LogP contribution < -0.4 is 5.32 Å². The van der Waals surface area contributed by atoms with Crippen LogP contribution in [0, 0.1) is 6.92 Å². The molecule has 4 nitrogen and oxygen atoms in total. The minimum atomic E-state index is -1.06. The van der Waals surface area contributed by atoms with Crippen molar-refractivity contribution in [1.82, 2.24) is 10.3 Å². The number of rotatable bonds is 2. The molecule has 1 aromatic heterocycles. The first kappa shape index (κ1) is 9.80. The number of hydrogen-bond acceptors (Lipinski definition) is 2. The number of amides is 1. The molecule has 1 aromatic rings. The Morgan fingerprint density at radius 1 is 1.77 bits per heavy atom. The van der Waals surface area contributed by atoms with Crippen molar-refractivity contribution < 1.29 is 9.90 Å². The fraction of sp³-hybridized carbons (Fsp3) is 0.250. The standard InChI is InChI=1S/C8H9ClN2O2/c1-5-6(3-11-8(12)13)2-7(9)4-10-5/h2,4,11H,3H2,1H3,(H,12,13). The van der Waals surface area contributed by atoms with Gasteiger partial charge in [-0.05, 0) is 18.6 Å². The van der Waals surface area contributed by atoms with E-state index in [1.165, 1.54) is 6.20 Å². The first-order valence-electron chi connectivity index (χ1n) is 3.67. The zero-order valence-corrected chi connectivity index (χ0v) is 7.80. The average Bonchev–Trinajstić information content (AvgIpc) is 2.06. The van der Waals surface area contributed by atoms with E-state index >= 15 is 0 Å². The van der Waals surface area contributed by atoms with Crippen molar-refractivity contribution in [1.29, 1.82) is 0 Å². The maximum atomic E-state index is 10.2. The summed E-state index contributed by atoms with van der Waals surface area (Å²) in [5, 5.41) is 11.1. The Morgan fingerprint density at radius 3 is 3.08 bits per heavy atom. The minimum Gasteiger partial charge on any atom is -0.465 e. The van der Waals surface area contributed by atoms with Crippen LogP contribution in [0.4, 0.5) is 4.79 Å². The number of carboxylic acid groups (broad SMARTS) is 1. The second-order valence-electron chi connectivity index (χ2n) is 2.56. The van der Waals surface area contributed by atoms with E-state index < -0.39 is 6.09 Å². The summed E-state index contributed by atoms with van der Waals surface area (Å²) in [7, 11) is 0. The molecule has 0 aliphatic heterocycles. The smallest absolute Gasteiger partial charge is 0.404 e. The Balaban J connectivity index is 2.75. The van der Waals surface area contributed by atoms with E-state index in [1.54, 1.807) is 13.0 Å². The number of carbonyl (C=O) groups is 1. The summed E-state index contributed by atoms with van der Waals surface area (Å²) in [6.45, 7) is 2.03. The van der Waals surface area contributed by atoms with Crippen LogP contribution >= 0.6 is 11.6 Å². The second-order valence-corrected chi connectivity index (χ2v) is 2.99. The molecule has 13 heavy (non-hydrogen) atoms. The van der Waals surface area contributed by atoms with Crippen LogP contribution in [-0.4, -0.2) is 16.2 Å². The monoisotopic (exact) mass is 200 g/mol. The molecule has 1 amide bonds. The molecule has 0 atom stereocenters. The van der Waals surface area contributed by atoms with Gasteiger partial charge in [0.25, 0.3) is 0 Å². The number of pyridine rings is 1. The average molecular weight is 201 g/mol. The Bertz CT molecular complexity index is 328. The lowest BCUT2D eigenvalue weighted by Crippen LogP contribution is -2.20. The minimum absolute atomic E-state index is 0.231. The number of aryl methyl sites for hydroxylation is 1. The molecule has 0 aliphatic carbocycles. The third kappa shape index (κ3) is 2.91. The predicted molar refractivity (Wildman–Crippen MR) is 48.8 cm³/mol. The largest absolute Gasteiger partial charge is 0.465 e. The SMILES string of the molecule is Cc1ncc(Cl)cc1CNC(=O)O. The highest BCUT2D eigenvalue weighted by molar-refractivity contribution is 6.30. The summed E-state index contributed by atoms with van der Waals surface area (Å²) in [6, 6.07) is 1.69. The second kappa shape index (κ2) is 4.09. The lowest BCUT2D eigenvalue weighted by molar-refractivity contribution is 0.194. The lowest BCUT2D eigenvalue weighted by Gasteiger charge is -2.04. The van der Waals surface area contributed by atoms with Gasteiger partial charge in [0.05, 0.1) is 5.02 Å². The van der Waals surface area contributed by atoms with Gasteiger partial charge in [-0.3, -0.25) is 4.98 Å². The molecule has 0 unspecified atom stereocenters. The maximum Gasteiger partial charge on any atom is 0.404 e. The number of aromatic nitrogens is 1. The van der Waals surface area contributed by atoms with Gasteiger partial charge in [0, 0.05) is 18.4 Å². The Kier molecular flexibility index (Phi) is 3.08. The van der Waals surface area contributed by atoms with Crippen molar-refractivity contribution in [3.05, 3.63) is 28.5 Å². The van der Waals surface area contributed by atoms with Gasteiger partial charge in [0.1, 0.15) is 0 Å². The molecule has 0 saturated carbocycles. The van der Waals surface area contributed by atoms with E-state index in [9.17, 15) is 4.79 Å². The third-order valence-corrected chi connectivity index (χ3v) is 1.80. The molecule has 0 radical (unpaired) electrons. The van der Waals surface area contributed by atoms with Crippen molar-refractivity contribution >= 4 is 17.7 Å². The van der Waals surface area contributed by atoms with Crippen molar-refractivity contribution in [3.63, 3.8) is 0 Å². The van der Waals surface area contributed by atoms with Gasteiger partial charge in [0.15, 0.2) is 0 Å². The topological polar surface area (TPSA) is 62.2 Å². The molecule has 1 heterocycles. The van der Waals surface area contributed by atoms with E-state index in [-0.39, 0.29) is 6.54 Å². The van der Waals surface area contributed by atoms with E-state index in [0.717, 1.165) is 11.3 Å². The van der Waals surface area contributed by atoms with Crippen molar-refractivity contribution in [2.45, 2.75) is 13.5 Å². The van der Waals surface area contributed by atoms with Gasteiger partial charge >= 0.3 is 6.09 Å². The van der Waals surface area contributed by atoms with Crippen LogP contribution in [-0.2, 0) is 6.54 Å². The molecular weight excluding hydrogens is 192 g/mol. The van der Waals surface area contributed by atoms with Gasteiger partial charge in [0.2, 0.25) is 0 Å². The summed E-state index contributed by atoms with van der Waals surface area (Å²) in [6.07, 6.45) is 0.473. The van der Waals surface area contributed by atoms with E-state index in [4.69, 9.17) is 16.7 Å². The van der Waals surface area contributed by atoms with Crippen LogP contribution in [0.1, 0.15) is 11.3 Å². The highest BCUT2D eigenvalue weighted by Crippen LogP contribution is 2.11. The molecule has 0 aliphatic rings. The summed E-state index contributed by atoms with van der Waals surface area (Å²) >= 11 is 5.69. The van der Waals surface area contributed by atoms with Crippen LogP contribution in [0.3, 0.4) is 0 Å². The first-order valence-corrected chi connectivity index (χ1v) is 4.05. The Hall–Kier alpha value is -1.29. The van der Waals surface area contributed by atoms with Crippen LogP contribution in [0.2, 0.25) is 5.02 Å². The number of hydrogen-bond donors (Lipinski definition) is 2. The number of nitrogens with zero attached hydrogens (tertiary/aromatic N) is 1. The molecule has 0 fully saturated rings. The van der Waals surface area contributed by atoms with Crippen molar-refractivity contribution in [2.24, 2.45) is 0 Å². The normalized spacial score (nSPS) is 9.69. The highest BCUT2D eigenvalue weighted by Gasteiger charge is 2.02. The molecular formula is C8H9ClN2O2. The molecule has 0 spiro atoms. The summed E-state index contributed by atoms with van der Waals surface area (Å²) in [5.74, 6) is 0. The third-order valence-electron chi connectivity index (χ3n) is 1.59.